The van der Waals surface area contributed by atoms with Crippen LogP contribution >= 0.6 is 0 Å². The minimum atomic E-state index is -0.0230. The first-order valence-electron chi connectivity index (χ1n) is 7.04. The number of carbonyl (C=O) groups excluding carboxylic acids is 1. The molecule has 0 aromatic heterocycles. The zero-order chi connectivity index (χ0) is 14.1. The van der Waals surface area contributed by atoms with Gasteiger partial charge < -0.3 is 10.1 Å². The average molecular weight is 269 g/mol. The van der Waals surface area contributed by atoms with Crippen molar-refractivity contribution in [3.8, 4) is 0 Å². The molecule has 0 aliphatic heterocycles. The number of aryl methyl sites for hydroxylation is 2. The topological polar surface area (TPSA) is 38.3 Å². The first-order valence-corrected chi connectivity index (χ1v) is 7.04. The minimum absolute atomic E-state index is 0.00976. The van der Waals surface area contributed by atoms with Crippen LogP contribution in [0.25, 0.3) is 10.8 Å². The van der Waals surface area contributed by atoms with Crippen molar-refractivity contribution in [1.82, 2.24) is 5.32 Å². The number of amides is 1. The zero-order valence-electron chi connectivity index (χ0n) is 11.9. The van der Waals surface area contributed by atoms with E-state index in [1.807, 2.05) is 25.1 Å². The van der Waals surface area contributed by atoms with Crippen LogP contribution in [0.3, 0.4) is 0 Å². The summed E-state index contributed by atoms with van der Waals surface area (Å²) in [6.07, 6.45) is 2.16. The van der Waals surface area contributed by atoms with Gasteiger partial charge in [0.1, 0.15) is 0 Å². The molecule has 0 saturated heterocycles. The normalized spacial score (nSPS) is 14.5. The van der Waals surface area contributed by atoms with Crippen molar-refractivity contribution >= 4 is 16.7 Å². The van der Waals surface area contributed by atoms with Gasteiger partial charge in [-0.05, 0) is 47.7 Å². The van der Waals surface area contributed by atoms with Gasteiger partial charge in [0, 0.05) is 18.7 Å². The SMILES string of the molecule is COCC(C)NC(=O)c1ccc2c3c(cccc13)CC2. The van der Waals surface area contributed by atoms with Crippen LogP contribution in [-0.4, -0.2) is 25.7 Å². The molecule has 104 valence electrons. The molecule has 1 N–H and O–H groups in total. The molecule has 1 aliphatic rings. The van der Waals surface area contributed by atoms with E-state index >= 15 is 0 Å². The van der Waals surface area contributed by atoms with E-state index in [0.717, 1.165) is 23.8 Å². The van der Waals surface area contributed by atoms with Crippen LogP contribution in [0, 0.1) is 0 Å². The van der Waals surface area contributed by atoms with E-state index < -0.39 is 0 Å². The molecule has 0 fully saturated rings. The van der Waals surface area contributed by atoms with Gasteiger partial charge in [0.25, 0.3) is 5.91 Å². The molecule has 1 atom stereocenters. The second-order valence-corrected chi connectivity index (χ2v) is 5.44. The highest BCUT2D eigenvalue weighted by molar-refractivity contribution is 6.09. The lowest BCUT2D eigenvalue weighted by Gasteiger charge is -2.14. The lowest BCUT2D eigenvalue weighted by Crippen LogP contribution is -2.35. The first kappa shape index (κ1) is 13.1. The van der Waals surface area contributed by atoms with Crippen LogP contribution in [0.15, 0.2) is 30.3 Å². The Morgan fingerprint density at radius 2 is 2.00 bits per heavy atom. The largest absolute Gasteiger partial charge is 0.383 e. The van der Waals surface area contributed by atoms with E-state index in [4.69, 9.17) is 4.74 Å². The molecule has 1 amide bonds. The Balaban J connectivity index is 1.99. The number of hydrogen-bond acceptors (Lipinski definition) is 2. The summed E-state index contributed by atoms with van der Waals surface area (Å²) < 4.78 is 5.06. The predicted molar refractivity (Wildman–Crippen MR) is 80.2 cm³/mol. The maximum atomic E-state index is 12.4. The van der Waals surface area contributed by atoms with Crippen LogP contribution in [0.2, 0.25) is 0 Å². The van der Waals surface area contributed by atoms with E-state index in [1.54, 1.807) is 7.11 Å². The minimum Gasteiger partial charge on any atom is -0.383 e. The summed E-state index contributed by atoms with van der Waals surface area (Å²) in [6, 6.07) is 10.3. The molecule has 20 heavy (non-hydrogen) atoms. The molecule has 3 rings (SSSR count). The number of nitrogens with one attached hydrogen (secondary N) is 1. The molecule has 2 aromatic carbocycles. The molecule has 3 nitrogen and oxygen atoms in total. The van der Waals surface area contributed by atoms with Crippen LogP contribution in [0.1, 0.15) is 28.4 Å². The van der Waals surface area contributed by atoms with Crippen LogP contribution in [0.5, 0.6) is 0 Å². The maximum absolute atomic E-state index is 12.4. The number of carbonyl (C=O) groups is 1. The summed E-state index contributed by atoms with van der Waals surface area (Å²) in [6.45, 7) is 2.47. The molecule has 0 bridgehead atoms. The molecule has 2 aromatic rings. The highest BCUT2D eigenvalue weighted by Gasteiger charge is 2.19. The maximum Gasteiger partial charge on any atom is 0.252 e. The van der Waals surface area contributed by atoms with E-state index in [1.165, 1.54) is 16.5 Å². The van der Waals surface area contributed by atoms with E-state index in [2.05, 4.69) is 17.4 Å². The molecule has 1 aliphatic carbocycles. The van der Waals surface area contributed by atoms with Gasteiger partial charge in [-0.3, -0.25) is 4.79 Å². The van der Waals surface area contributed by atoms with Gasteiger partial charge in [0.2, 0.25) is 0 Å². The van der Waals surface area contributed by atoms with Crippen molar-refractivity contribution in [1.29, 1.82) is 0 Å². The third-order valence-electron chi connectivity index (χ3n) is 3.92. The summed E-state index contributed by atoms with van der Waals surface area (Å²) in [7, 11) is 1.64. The van der Waals surface area contributed by atoms with Crippen LogP contribution in [0.4, 0.5) is 0 Å². The van der Waals surface area contributed by atoms with Gasteiger partial charge >= 0.3 is 0 Å². The van der Waals surface area contributed by atoms with E-state index in [9.17, 15) is 4.79 Å². The highest BCUT2D eigenvalue weighted by Crippen LogP contribution is 2.32. The Morgan fingerprint density at radius 3 is 2.75 bits per heavy atom. The first-order chi connectivity index (χ1) is 9.70. The van der Waals surface area contributed by atoms with Gasteiger partial charge in [-0.15, -0.1) is 0 Å². The van der Waals surface area contributed by atoms with Crippen molar-refractivity contribution in [3.05, 3.63) is 47.0 Å². The fraction of sp³-hybridized carbons (Fsp3) is 0.353. The van der Waals surface area contributed by atoms with Crippen molar-refractivity contribution in [2.24, 2.45) is 0 Å². The van der Waals surface area contributed by atoms with Crippen molar-refractivity contribution in [2.45, 2.75) is 25.8 Å². The highest BCUT2D eigenvalue weighted by atomic mass is 16.5. The number of rotatable bonds is 4. The second-order valence-electron chi connectivity index (χ2n) is 5.44. The third-order valence-corrected chi connectivity index (χ3v) is 3.92. The van der Waals surface area contributed by atoms with Gasteiger partial charge in [-0.1, -0.05) is 24.3 Å². The van der Waals surface area contributed by atoms with E-state index in [-0.39, 0.29) is 11.9 Å². The van der Waals surface area contributed by atoms with Crippen molar-refractivity contribution < 1.29 is 9.53 Å². The Bertz CT molecular complexity index is 653. The number of benzene rings is 2. The molecular weight excluding hydrogens is 250 g/mol. The molecule has 3 heteroatoms. The number of ether oxygens (including phenoxy) is 1. The Hall–Kier alpha value is -1.87. The number of methoxy groups -OCH3 is 1. The van der Waals surface area contributed by atoms with Gasteiger partial charge in [0.05, 0.1) is 6.61 Å². The fourth-order valence-electron chi connectivity index (χ4n) is 3.04. The summed E-state index contributed by atoms with van der Waals surface area (Å²) in [5.74, 6) is -0.0230. The average Bonchev–Trinajstić information content (AvgIpc) is 2.85. The van der Waals surface area contributed by atoms with Crippen molar-refractivity contribution in [2.75, 3.05) is 13.7 Å². The molecule has 0 saturated carbocycles. The van der Waals surface area contributed by atoms with Gasteiger partial charge in [-0.2, -0.15) is 0 Å². The predicted octanol–water partition coefficient (Wildman–Crippen LogP) is 2.70. The van der Waals surface area contributed by atoms with Gasteiger partial charge in [0.15, 0.2) is 0 Å². The zero-order valence-corrected chi connectivity index (χ0v) is 11.9. The molecule has 0 spiro atoms. The molecule has 0 radical (unpaired) electrons. The van der Waals surface area contributed by atoms with Crippen molar-refractivity contribution in [3.63, 3.8) is 0 Å². The molecular formula is C17H19NO2. The Kier molecular flexibility index (Phi) is 3.45. The Labute approximate surface area is 118 Å². The summed E-state index contributed by atoms with van der Waals surface area (Å²) in [5.41, 5.74) is 3.48. The fourth-order valence-corrected chi connectivity index (χ4v) is 3.04. The molecule has 0 heterocycles. The van der Waals surface area contributed by atoms with E-state index in [0.29, 0.717) is 6.61 Å². The summed E-state index contributed by atoms with van der Waals surface area (Å²) in [5, 5.41) is 5.33. The second kappa shape index (κ2) is 5.25. The molecule has 1 unspecified atom stereocenters. The third kappa shape index (κ3) is 2.18. The summed E-state index contributed by atoms with van der Waals surface area (Å²) >= 11 is 0. The quantitative estimate of drug-likeness (QED) is 0.926. The monoisotopic (exact) mass is 269 g/mol. The van der Waals surface area contributed by atoms with Crippen LogP contribution < -0.4 is 5.32 Å². The Morgan fingerprint density at radius 1 is 1.25 bits per heavy atom. The van der Waals surface area contributed by atoms with Gasteiger partial charge in [-0.25, -0.2) is 0 Å². The lowest BCUT2D eigenvalue weighted by atomic mass is 9.99. The number of hydrogen-bond donors (Lipinski definition) is 1. The lowest BCUT2D eigenvalue weighted by molar-refractivity contribution is 0.0907. The van der Waals surface area contributed by atoms with Crippen LogP contribution in [-0.2, 0) is 17.6 Å². The summed E-state index contributed by atoms with van der Waals surface area (Å²) in [4.78, 5) is 12.4. The smallest absolute Gasteiger partial charge is 0.252 e. The standard InChI is InChI=1S/C17H19NO2/c1-11(10-20-2)18-17(19)15-9-8-13-7-6-12-4-3-5-14(15)16(12)13/h3-5,8-9,11H,6-7,10H2,1-2H3,(H,18,19).